The molecule has 0 aliphatic carbocycles. The normalized spacial score (nSPS) is 18.4. The SMILES string of the molecule is Cc1nc(N)ccc1CNC(=O)[C@H](C)NC(=O)[C@H]1C[C@H](Cc2cc(Cl)cs2)CN1.Cl.Cl. The topological polar surface area (TPSA) is 109 Å². The van der Waals surface area contributed by atoms with E-state index in [4.69, 9.17) is 17.3 Å². The van der Waals surface area contributed by atoms with Crippen LogP contribution in [0.5, 0.6) is 0 Å². The summed E-state index contributed by atoms with van der Waals surface area (Å²) in [5.74, 6) is 0.440. The molecule has 31 heavy (non-hydrogen) atoms. The average molecular weight is 509 g/mol. The van der Waals surface area contributed by atoms with Crippen molar-refractivity contribution in [2.45, 2.75) is 45.3 Å². The number of amides is 2. The van der Waals surface area contributed by atoms with Crippen molar-refractivity contribution in [3.05, 3.63) is 44.7 Å². The molecule has 3 heterocycles. The van der Waals surface area contributed by atoms with Gasteiger partial charge in [0.05, 0.1) is 11.1 Å². The number of nitrogens with one attached hydrogen (secondary N) is 3. The Morgan fingerprint density at radius 3 is 2.77 bits per heavy atom. The van der Waals surface area contributed by atoms with Gasteiger partial charge in [0.25, 0.3) is 0 Å². The highest BCUT2D eigenvalue weighted by Crippen LogP contribution is 2.25. The summed E-state index contributed by atoms with van der Waals surface area (Å²) in [6, 6.07) is 4.61. The number of carbonyl (C=O) groups excluding carboxylic acids is 2. The summed E-state index contributed by atoms with van der Waals surface area (Å²) in [6.45, 7) is 4.64. The molecule has 7 nitrogen and oxygen atoms in total. The molecule has 0 saturated carbocycles. The van der Waals surface area contributed by atoms with E-state index in [0.29, 0.717) is 18.3 Å². The first kappa shape index (κ1) is 27.5. The van der Waals surface area contributed by atoms with E-state index >= 15 is 0 Å². The fourth-order valence-corrected chi connectivity index (χ4v) is 4.61. The summed E-state index contributed by atoms with van der Waals surface area (Å²) in [7, 11) is 0. The van der Waals surface area contributed by atoms with E-state index < -0.39 is 6.04 Å². The molecule has 5 N–H and O–H groups in total. The molecule has 1 saturated heterocycles. The van der Waals surface area contributed by atoms with Crippen molar-refractivity contribution in [1.29, 1.82) is 0 Å². The third-order valence-electron chi connectivity index (χ3n) is 5.07. The maximum absolute atomic E-state index is 12.5. The Kier molecular flexibility index (Phi) is 11.0. The molecular weight excluding hydrogens is 481 g/mol. The highest BCUT2D eigenvalue weighted by Gasteiger charge is 2.31. The Bertz CT molecular complexity index is 895. The Hall–Kier alpha value is -1.58. The smallest absolute Gasteiger partial charge is 0.242 e. The summed E-state index contributed by atoms with van der Waals surface area (Å²) in [6.07, 6.45) is 1.64. The zero-order chi connectivity index (χ0) is 21.0. The molecule has 2 aromatic rings. The van der Waals surface area contributed by atoms with Crippen LogP contribution in [0.3, 0.4) is 0 Å². The standard InChI is InChI=1S/C20H26ClN5O2S.2ClH/c1-11-14(3-4-18(22)25-11)9-24-19(27)12(2)26-20(28)17-6-13(8-23-17)5-16-7-15(21)10-29-16;;/h3-4,7,10,12-13,17,23H,5-6,8-9H2,1-2H3,(H2,22,25)(H,24,27)(H,26,28);2*1H/t12-,13-,17+;;/m0../s1. The molecule has 0 radical (unpaired) electrons. The lowest BCUT2D eigenvalue weighted by Gasteiger charge is -2.17. The summed E-state index contributed by atoms with van der Waals surface area (Å²) in [4.78, 5) is 30.3. The third kappa shape index (κ3) is 7.80. The minimum Gasteiger partial charge on any atom is -0.384 e. The summed E-state index contributed by atoms with van der Waals surface area (Å²) < 4.78 is 0. The Morgan fingerprint density at radius 1 is 1.39 bits per heavy atom. The van der Waals surface area contributed by atoms with Crippen molar-refractivity contribution in [3.8, 4) is 0 Å². The molecular formula is C20H28Cl3N5O2S. The largest absolute Gasteiger partial charge is 0.384 e. The van der Waals surface area contributed by atoms with Gasteiger partial charge in [-0.25, -0.2) is 4.98 Å². The van der Waals surface area contributed by atoms with Crippen LogP contribution in [-0.4, -0.2) is 35.4 Å². The first-order chi connectivity index (χ1) is 13.8. The van der Waals surface area contributed by atoms with Gasteiger partial charge in [0.2, 0.25) is 11.8 Å². The van der Waals surface area contributed by atoms with Gasteiger partial charge in [-0.3, -0.25) is 9.59 Å². The maximum atomic E-state index is 12.5. The number of nitrogens with zero attached hydrogens (tertiary/aromatic N) is 1. The molecule has 0 aromatic carbocycles. The van der Waals surface area contributed by atoms with E-state index in [1.54, 1.807) is 24.3 Å². The van der Waals surface area contributed by atoms with Crippen LogP contribution in [0.1, 0.15) is 29.5 Å². The highest BCUT2D eigenvalue weighted by molar-refractivity contribution is 7.10. The molecule has 11 heteroatoms. The Balaban J connectivity index is 0.00000240. The van der Waals surface area contributed by atoms with Crippen LogP contribution in [0.15, 0.2) is 23.6 Å². The van der Waals surface area contributed by atoms with Gasteiger partial charge < -0.3 is 21.7 Å². The molecule has 3 atom stereocenters. The van der Waals surface area contributed by atoms with Crippen LogP contribution in [0.4, 0.5) is 5.82 Å². The number of nitrogens with two attached hydrogens (primary N) is 1. The van der Waals surface area contributed by atoms with Crippen LogP contribution >= 0.6 is 47.8 Å². The average Bonchev–Trinajstić information content (AvgIpc) is 3.30. The number of halogens is 3. The van der Waals surface area contributed by atoms with Crippen LogP contribution in [0.25, 0.3) is 0 Å². The van der Waals surface area contributed by atoms with E-state index in [0.717, 1.165) is 35.7 Å². The van der Waals surface area contributed by atoms with E-state index in [-0.39, 0.29) is 42.7 Å². The van der Waals surface area contributed by atoms with Gasteiger partial charge in [-0.15, -0.1) is 36.2 Å². The van der Waals surface area contributed by atoms with Crippen LogP contribution in [0.2, 0.25) is 5.02 Å². The molecule has 0 spiro atoms. The third-order valence-corrected chi connectivity index (χ3v) is 6.38. The predicted octanol–water partition coefficient (Wildman–Crippen LogP) is 2.87. The van der Waals surface area contributed by atoms with Gasteiger partial charge in [-0.2, -0.15) is 0 Å². The number of hydrogen-bond donors (Lipinski definition) is 4. The van der Waals surface area contributed by atoms with Gasteiger partial charge in [-0.1, -0.05) is 17.7 Å². The van der Waals surface area contributed by atoms with Crippen molar-refractivity contribution < 1.29 is 9.59 Å². The van der Waals surface area contributed by atoms with E-state index in [9.17, 15) is 9.59 Å². The number of pyridine rings is 1. The lowest BCUT2D eigenvalue weighted by Crippen LogP contribution is -2.50. The molecule has 3 rings (SSSR count). The number of aromatic nitrogens is 1. The maximum Gasteiger partial charge on any atom is 0.242 e. The van der Waals surface area contributed by atoms with Crippen molar-refractivity contribution in [2.24, 2.45) is 5.92 Å². The van der Waals surface area contributed by atoms with E-state index in [2.05, 4.69) is 20.9 Å². The minimum atomic E-state index is -0.624. The quantitative estimate of drug-likeness (QED) is 0.460. The number of nitrogen functional groups attached to an aromatic ring is 1. The van der Waals surface area contributed by atoms with Gasteiger partial charge in [-0.05, 0) is 56.8 Å². The number of thiophene rings is 1. The number of aryl methyl sites for hydroxylation is 1. The van der Waals surface area contributed by atoms with Crippen LogP contribution < -0.4 is 21.7 Å². The molecule has 1 fully saturated rings. The molecule has 1 aliphatic rings. The summed E-state index contributed by atoms with van der Waals surface area (Å²) in [5.41, 5.74) is 7.31. The van der Waals surface area contributed by atoms with E-state index in [1.165, 1.54) is 4.88 Å². The fraction of sp³-hybridized carbons (Fsp3) is 0.450. The second-order valence-electron chi connectivity index (χ2n) is 7.43. The lowest BCUT2D eigenvalue weighted by molar-refractivity contribution is -0.129. The zero-order valence-corrected chi connectivity index (χ0v) is 20.5. The zero-order valence-electron chi connectivity index (χ0n) is 17.3. The number of hydrogen-bond acceptors (Lipinski definition) is 6. The molecule has 1 aliphatic heterocycles. The number of rotatable bonds is 7. The van der Waals surface area contributed by atoms with Crippen molar-refractivity contribution in [1.82, 2.24) is 20.9 Å². The Morgan fingerprint density at radius 2 is 2.13 bits per heavy atom. The first-order valence-corrected chi connectivity index (χ1v) is 10.8. The van der Waals surface area contributed by atoms with Crippen molar-refractivity contribution in [3.63, 3.8) is 0 Å². The number of anilines is 1. The van der Waals surface area contributed by atoms with Gasteiger partial charge in [0.15, 0.2) is 0 Å². The van der Waals surface area contributed by atoms with Crippen LogP contribution in [-0.2, 0) is 22.6 Å². The van der Waals surface area contributed by atoms with E-state index in [1.807, 2.05) is 24.4 Å². The van der Waals surface area contributed by atoms with Gasteiger partial charge in [0, 0.05) is 22.5 Å². The Labute approximate surface area is 203 Å². The van der Waals surface area contributed by atoms with Gasteiger partial charge >= 0.3 is 0 Å². The molecule has 2 aromatic heterocycles. The first-order valence-electron chi connectivity index (χ1n) is 9.58. The summed E-state index contributed by atoms with van der Waals surface area (Å²) >= 11 is 7.62. The molecule has 0 bridgehead atoms. The highest BCUT2D eigenvalue weighted by atomic mass is 35.5. The number of carbonyl (C=O) groups is 2. The fourth-order valence-electron chi connectivity index (χ4n) is 3.42. The lowest BCUT2D eigenvalue weighted by atomic mass is 10.0. The van der Waals surface area contributed by atoms with Crippen molar-refractivity contribution >= 4 is 65.4 Å². The second kappa shape index (κ2) is 12.5. The second-order valence-corrected chi connectivity index (χ2v) is 8.86. The van der Waals surface area contributed by atoms with Crippen LogP contribution in [0, 0.1) is 12.8 Å². The molecule has 0 unspecified atom stereocenters. The minimum absolute atomic E-state index is 0. The van der Waals surface area contributed by atoms with Crippen molar-refractivity contribution in [2.75, 3.05) is 12.3 Å². The molecule has 2 amide bonds. The van der Waals surface area contributed by atoms with Gasteiger partial charge in [0.1, 0.15) is 11.9 Å². The molecule has 172 valence electrons. The monoisotopic (exact) mass is 507 g/mol. The predicted molar refractivity (Wildman–Crippen MR) is 130 cm³/mol. The summed E-state index contributed by atoms with van der Waals surface area (Å²) in [5, 5.41) is 11.6.